The van der Waals surface area contributed by atoms with Gasteiger partial charge < -0.3 is 9.84 Å². The number of hydrogen-bond donors (Lipinski definition) is 1. The lowest BCUT2D eigenvalue weighted by Crippen LogP contribution is -2.31. The second-order valence-corrected chi connectivity index (χ2v) is 8.00. The molecule has 0 atom stereocenters. The van der Waals surface area contributed by atoms with Crippen LogP contribution in [0.25, 0.3) is 16.7 Å². The average molecular weight is 383 g/mol. The first kappa shape index (κ1) is 18.1. The zero-order valence-corrected chi connectivity index (χ0v) is 16.2. The Balaban J connectivity index is 1.81. The molecule has 140 valence electrons. The summed E-state index contributed by atoms with van der Waals surface area (Å²) in [4.78, 5) is 12.8. The molecule has 0 bridgehead atoms. The van der Waals surface area contributed by atoms with Crippen LogP contribution < -0.4 is 0 Å². The first-order chi connectivity index (χ1) is 13.0. The van der Waals surface area contributed by atoms with Gasteiger partial charge in [-0.1, -0.05) is 48.7 Å². The Kier molecular flexibility index (Phi) is 4.73. The van der Waals surface area contributed by atoms with E-state index in [9.17, 15) is 9.90 Å². The van der Waals surface area contributed by atoms with Gasteiger partial charge in [0, 0.05) is 5.02 Å². The lowest BCUT2D eigenvalue weighted by atomic mass is 9.88. The topological polar surface area (TPSA) is 46.5 Å². The normalized spacial score (nSPS) is 19.3. The van der Waals surface area contributed by atoms with E-state index in [0.29, 0.717) is 23.4 Å². The van der Waals surface area contributed by atoms with Crippen LogP contribution in [0.5, 0.6) is 0 Å². The number of ether oxygens (including phenoxy) is 1. The Morgan fingerprint density at radius 1 is 1.00 bits per heavy atom. The fraction of sp³-hybridized carbons (Fsp3) is 0.348. The van der Waals surface area contributed by atoms with E-state index in [1.54, 1.807) is 0 Å². The molecule has 1 aliphatic carbocycles. The van der Waals surface area contributed by atoms with Crippen molar-refractivity contribution in [2.45, 2.75) is 51.0 Å². The molecular formula is C23H23ClO3. The largest absolute Gasteiger partial charge is 0.507 e. The zero-order chi connectivity index (χ0) is 19.0. The summed E-state index contributed by atoms with van der Waals surface area (Å²) in [6, 6.07) is 13.5. The van der Waals surface area contributed by atoms with Crippen LogP contribution in [0, 0.1) is 6.92 Å². The molecule has 2 aromatic carbocycles. The van der Waals surface area contributed by atoms with Crippen LogP contribution >= 0.6 is 11.6 Å². The molecule has 1 N–H and O–H groups in total. The minimum Gasteiger partial charge on any atom is -0.507 e. The first-order valence-electron chi connectivity index (χ1n) is 9.54. The molecule has 0 unspecified atom stereocenters. The fourth-order valence-electron chi connectivity index (χ4n) is 4.22. The molecule has 2 aliphatic rings. The summed E-state index contributed by atoms with van der Waals surface area (Å²) in [7, 11) is 0. The van der Waals surface area contributed by atoms with E-state index in [-0.39, 0.29) is 5.76 Å². The van der Waals surface area contributed by atoms with Gasteiger partial charge in [0.2, 0.25) is 0 Å². The van der Waals surface area contributed by atoms with Crippen molar-refractivity contribution < 1.29 is 14.6 Å². The molecule has 3 nitrogen and oxygen atoms in total. The van der Waals surface area contributed by atoms with Crippen LogP contribution in [0.15, 0.2) is 48.2 Å². The van der Waals surface area contributed by atoms with E-state index in [4.69, 9.17) is 16.3 Å². The Morgan fingerprint density at radius 3 is 2.41 bits per heavy atom. The maximum atomic E-state index is 12.8. The molecule has 4 rings (SSSR count). The summed E-state index contributed by atoms with van der Waals surface area (Å²) < 4.78 is 5.78. The second-order valence-electron chi connectivity index (χ2n) is 7.56. The Morgan fingerprint density at radius 2 is 1.70 bits per heavy atom. The van der Waals surface area contributed by atoms with E-state index >= 15 is 0 Å². The molecule has 1 aliphatic heterocycles. The third kappa shape index (κ3) is 3.25. The van der Waals surface area contributed by atoms with Gasteiger partial charge in [-0.15, -0.1) is 0 Å². The van der Waals surface area contributed by atoms with Gasteiger partial charge in [0.15, 0.2) is 11.4 Å². The van der Waals surface area contributed by atoms with E-state index < -0.39 is 11.6 Å². The zero-order valence-electron chi connectivity index (χ0n) is 15.4. The molecule has 1 fully saturated rings. The van der Waals surface area contributed by atoms with Crippen molar-refractivity contribution in [2.75, 3.05) is 0 Å². The summed E-state index contributed by atoms with van der Waals surface area (Å²) in [5.74, 6) is -0.304. The van der Waals surface area contributed by atoms with Gasteiger partial charge in [-0.05, 0) is 73.1 Å². The molecule has 0 radical (unpaired) electrons. The predicted molar refractivity (Wildman–Crippen MR) is 108 cm³/mol. The van der Waals surface area contributed by atoms with Crippen LogP contribution in [0.4, 0.5) is 0 Å². The smallest absolute Gasteiger partial charge is 0.343 e. The van der Waals surface area contributed by atoms with Crippen molar-refractivity contribution in [3.8, 4) is 11.1 Å². The number of aliphatic hydroxyl groups is 1. The molecule has 4 heteroatoms. The van der Waals surface area contributed by atoms with Crippen molar-refractivity contribution in [3.05, 3.63) is 64.4 Å². The van der Waals surface area contributed by atoms with Crippen molar-refractivity contribution in [3.63, 3.8) is 0 Å². The number of aryl methyl sites for hydroxylation is 1. The third-order valence-electron chi connectivity index (χ3n) is 5.74. The number of esters is 1. The molecule has 27 heavy (non-hydrogen) atoms. The van der Waals surface area contributed by atoms with Crippen molar-refractivity contribution >= 4 is 23.1 Å². The van der Waals surface area contributed by atoms with Gasteiger partial charge in [-0.2, -0.15) is 0 Å². The van der Waals surface area contributed by atoms with E-state index in [1.165, 1.54) is 0 Å². The molecule has 0 saturated heterocycles. The highest BCUT2D eigenvalue weighted by Gasteiger charge is 2.48. The Bertz CT molecular complexity index is 921. The van der Waals surface area contributed by atoms with Crippen LogP contribution in [0.2, 0.25) is 5.02 Å². The monoisotopic (exact) mass is 382 g/mol. The summed E-state index contributed by atoms with van der Waals surface area (Å²) in [6.45, 7) is 1.95. The highest BCUT2D eigenvalue weighted by atomic mass is 35.5. The van der Waals surface area contributed by atoms with E-state index in [2.05, 4.69) is 0 Å². The number of carbonyl (C=O) groups excluding carboxylic acids is 1. The number of hydrogen-bond acceptors (Lipinski definition) is 3. The SMILES string of the molecule is Cc1ccc(-c2cccc(Cl)c2)cc1C1=C(O)C2(CCCCCC2)OC1=O. The van der Waals surface area contributed by atoms with Crippen LogP contribution in [-0.2, 0) is 9.53 Å². The number of benzene rings is 2. The molecular weight excluding hydrogens is 360 g/mol. The van der Waals surface area contributed by atoms with Crippen LogP contribution in [0.3, 0.4) is 0 Å². The molecule has 0 amide bonds. The minimum absolute atomic E-state index is 0.112. The van der Waals surface area contributed by atoms with Gasteiger partial charge in [0.05, 0.1) is 0 Å². The van der Waals surface area contributed by atoms with Crippen LogP contribution in [-0.4, -0.2) is 16.7 Å². The maximum Gasteiger partial charge on any atom is 0.343 e. The highest BCUT2D eigenvalue weighted by molar-refractivity contribution is 6.30. The van der Waals surface area contributed by atoms with Crippen molar-refractivity contribution in [1.29, 1.82) is 0 Å². The quantitative estimate of drug-likeness (QED) is 0.626. The molecule has 2 aromatic rings. The van der Waals surface area contributed by atoms with E-state index in [1.807, 2.05) is 49.4 Å². The van der Waals surface area contributed by atoms with Gasteiger partial charge in [0.1, 0.15) is 5.57 Å². The standard InChI is InChI=1S/C23H23ClO3/c1-15-9-10-17(16-7-6-8-18(24)13-16)14-19(15)20-21(25)23(27-22(20)26)11-4-2-3-5-12-23/h6-10,13-14,25H,2-5,11-12H2,1H3. The highest BCUT2D eigenvalue weighted by Crippen LogP contribution is 2.45. The van der Waals surface area contributed by atoms with Crippen molar-refractivity contribution in [1.82, 2.24) is 0 Å². The Labute approximate surface area is 164 Å². The lowest BCUT2D eigenvalue weighted by molar-refractivity contribution is -0.147. The van der Waals surface area contributed by atoms with Gasteiger partial charge >= 0.3 is 5.97 Å². The molecule has 1 saturated carbocycles. The van der Waals surface area contributed by atoms with Gasteiger partial charge in [-0.3, -0.25) is 0 Å². The number of halogens is 1. The molecule has 1 heterocycles. The number of rotatable bonds is 2. The molecule has 0 aromatic heterocycles. The summed E-state index contributed by atoms with van der Waals surface area (Å²) in [6.07, 6.45) is 5.55. The predicted octanol–water partition coefficient (Wildman–Crippen LogP) is 6.23. The van der Waals surface area contributed by atoms with Crippen molar-refractivity contribution in [2.24, 2.45) is 0 Å². The van der Waals surface area contributed by atoms with Gasteiger partial charge in [-0.25, -0.2) is 4.79 Å². The van der Waals surface area contributed by atoms with Crippen LogP contribution in [0.1, 0.15) is 49.7 Å². The minimum atomic E-state index is -0.832. The van der Waals surface area contributed by atoms with Gasteiger partial charge in [0.25, 0.3) is 0 Å². The van der Waals surface area contributed by atoms with E-state index in [0.717, 1.165) is 47.9 Å². The average Bonchev–Trinajstić information content (AvgIpc) is 2.80. The maximum absolute atomic E-state index is 12.8. The first-order valence-corrected chi connectivity index (χ1v) is 9.92. The lowest BCUT2D eigenvalue weighted by Gasteiger charge is -2.26. The second kappa shape index (κ2) is 7.05. The number of aliphatic hydroxyl groups excluding tert-OH is 1. The third-order valence-corrected chi connectivity index (χ3v) is 5.97. The Hall–Kier alpha value is -2.26. The molecule has 1 spiro atoms. The summed E-state index contributed by atoms with van der Waals surface area (Å²) >= 11 is 6.13. The number of carbonyl (C=O) groups is 1. The summed E-state index contributed by atoms with van der Waals surface area (Å²) in [5.41, 5.74) is 3.08. The fourth-order valence-corrected chi connectivity index (χ4v) is 4.41. The summed E-state index contributed by atoms with van der Waals surface area (Å²) in [5, 5.41) is 11.7.